The molecule has 3 heterocycles. The van der Waals surface area contributed by atoms with Crippen LogP contribution in [-0.4, -0.2) is 19.9 Å². The van der Waals surface area contributed by atoms with E-state index in [1.807, 2.05) is 72.0 Å². The van der Waals surface area contributed by atoms with Crippen molar-refractivity contribution in [3.8, 4) is 45.4 Å². The summed E-state index contributed by atoms with van der Waals surface area (Å²) in [6, 6.07) is 50.2. The van der Waals surface area contributed by atoms with Gasteiger partial charge in [0, 0.05) is 53.2 Å². The van der Waals surface area contributed by atoms with Crippen LogP contribution in [0.25, 0.3) is 87.3 Å². The standard InChI is InChI=1S/C40H24N4S/c1-3-12-25(13-4-1)38-42-39(26-14-5-2-6-15-26)44-40(43-38)28-17-11-16-27(24-28)36-35-31(29-18-7-9-20-33(29)41-36)22-23-32-30-19-8-10-21-34(30)45-37(32)35/h1-24H. The molecule has 3 aromatic heterocycles. The number of fused-ring (bicyclic) bond motifs is 7. The summed E-state index contributed by atoms with van der Waals surface area (Å²) in [5.41, 5.74) is 5.77. The van der Waals surface area contributed by atoms with Gasteiger partial charge in [-0.3, -0.25) is 0 Å². The van der Waals surface area contributed by atoms with Gasteiger partial charge in [0.15, 0.2) is 17.5 Å². The molecule has 0 fully saturated rings. The predicted octanol–water partition coefficient (Wildman–Crippen LogP) is 10.6. The van der Waals surface area contributed by atoms with Gasteiger partial charge in [-0.15, -0.1) is 11.3 Å². The van der Waals surface area contributed by atoms with Crippen molar-refractivity contribution in [1.82, 2.24) is 19.9 Å². The lowest BCUT2D eigenvalue weighted by atomic mass is 9.97. The largest absolute Gasteiger partial charge is 0.247 e. The third-order valence-corrected chi connectivity index (χ3v) is 9.51. The highest BCUT2D eigenvalue weighted by molar-refractivity contribution is 7.26. The fourth-order valence-corrected chi connectivity index (χ4v) is 7.43. The van der Waals surface area contributed by atoms with Crippen LogP contribution in [-0.2, 0) is 0 Å². The van der Waals surface area contributed by atoms with E-state index >= 15 is 0 Å². The van der Waals surface area contributed by atoms with Gasteiger partial charge in [-0.25, -0.2) is 19.9 Å². The molecule has 0 amide bonds. The van der Waals surface area contributed by atoms with Crippen LogP contribution in [0, 0.1) is 0 Å². The maximum absolute atomic E-state index is 5.31. The maximum atomic E-state index is 5.31. The summed E-state index contributed by atoms with van der Waals surface area (Å²) in [6.45, 7) is 0. The molecule has 0 atom stereocenters. The Kier molecular flexibility index (Phi) is 5.96. The molecule has 0 aliphatic carbocycles. The van der Waals surface area contributed by atoms with Gasteiger partial charge in [-0.05, 0) is 23.6 Å². The molecular weight excluding hydrogens is 569 g/mol. The van der Waals surface area contributed by atoms with Crippen molar-refractivity contribution in [3.63, 3.8) is 0 Å². The molecule has 0 aliphatic heterocycles. The molecule has 9 aromatic rings. The third kappa shape index (κ3) is 4.36. The van der Waals surface area contributed by atoms with Crippen LogP contribution in [0.3, 0.4) is 0 Å². The molecule has 4 nitrogen and oxygen atoms in total. The SMILES string of the molecule is c1ccc(-c2nc(-c3ccccc3)nc(-c3cccc(-c4nc5ccccc5c5ccc6c7ccccc7sc6c45)c3)n2)cc1. The molecule has 210 valence electrons. The second-order valence-corrected chi connectivity index (χ2v) is 12.1. The van der Waals surface area contributed by atoms with E-state index in [1.54, 1.807) is 0 Å². The number of aromatic nitrogens is 4. The highest BCUT2D eigenvalue weighted by atomic mass is 32.1. The number of thiophene rings is 1. The van der Waals surface area contributed by atoms with E-state index in [9.17, 15) is 0 Å². The Morgan fingerprint density at radius 2 is 0.933 bits per heavy atom. The van der Waals surface area contributed by atoms with Gasteiger partial charge in [-0.2, -0.15) is 0 Å². The number of nitrogens with zero attached hydrogens (tertiary/aromatic N) is 4. The number of para-hydroxylation sites is 1. The normalized spacial score (nSPS) is 11.6. The van der Waals surface area contributed by atoms with Crippen molar-refractivity contribution in [2.45, 2.75) is 0 Å². The Morgan fingerprint density at radius 1 is 0.378 bits per heavy atom. The summed E-state index contributed by atoms with van der Waals surface area (Å²) in [5.74, 6) is 1.92. The summed E-state index contributed by atoms with van der Waals surface area (Å²) in [4.78, 5) is 20.2. The minimum atomic E-state index is 0.627. The quantitative estimate of drug-likeness (QED) is 0.191. The molecule has 9 rings (SSSR count). The van der Waals surface area contributed by atoms with Crippen LogP contribution in [0.2, 0.25) is 0 Å². The van der Waals surface area contributed by atoms with Crippen LogP contribution < -0.4 is 0 Å². The number of hydrogen-bond acceptors (Lipinski definition) is 5. The molecule has 0 saturated heterocycles. The number of pyridine rings is 1. The molecule has 0 aliphatic rings. The second kappa shape index (κ2) is 10.4. The van der Waals surface area contributed by atoms with Crippen molar-refractivity contribution in [1.29, 1.82) is 0 Å². The molecule has 0 spiro atoms. The lowest BCUT2D eigenvalue weighted by Gasteiger charge is -2.13. The summed E-state index contributed by atoms with van der Waals surface area (Å²) in [7, 11) is 0. The topological polar surface area (TPSA) is 51.6 Å². The van der Waals surface area contributed by atoms with Crippen LogP contribution >= 0.6 is 11.3 Å². The van der Waals surface area contributed by atoms with E-state index in [2.05, 4.69) is 84.9 Å². The minimum Gasteiger partial charge on any atom is -0.247 e. The summed E-state index contributed by atoms with van der Waals surface area (Å²) in [6.07, 6.45) is 0. The molecule has 0 bridgehead atoms. The summed E-state index contributed by atoms with van der Waals surface area (Å²) >= 11 is 1.84. The summed E-state index contributed by atoms with van der Waals surface area (Å²) < 4.78 is 2.53. The number of rotatable bonds is 4. The Morgan fingerprint density at radius 3 is 1.67 bits per heavy atom. The van der Waals surface area contributed by atoms with Gasteiger partial charge in [0.25, 0.3) is 0 Å². The molecule has 45 heavy (non-hydrogen) atoms. The van der Waals surface area contributed by atoms with E-state index in [1.165, 1.54) is 30.9 Å². The van der Waals surface area contributed by atoms with Crippen LogP contribution in [0.5, 0.6) is 0 Å². The Labute approximate surface area is 263 Å². The smallest absolute Gasteiger partial charge is 0.164 e. The van der Waals surface area contributed by atoms with Crippen molar-refractivity contribution < 1.29 is 0 Å². The molecular formula is C40H24N4S. The van der Waals surface area contributed by atoms with Crippen molar-refractivity contribution in [2.24, 2.45) is 0 Å². The zero-order chi connectivity index (χ0) is 29.7. The van der Waals surface area contributed by atoms with Crippen molar-refractivity contribution >= 4 is 53.2 Å². The first-order chi connectivity index (χ1) is 22.3. The van der Waals surface area contributed by atoms with E-state index < -0.39 is 0 Å². The lowest BCUT2D eigenvalue weighted by Crippen LogP contribution is -2.00. The first-order valence-corrected chi connectivity index (χ1v) is 15.7. The van der Waals surface area contributed by atoms with E-state index in [0.29, 0.717) is 17.5 Å². The van der Waals surface area contributed by atoms with Gasteiger partial charge < -0.3 is 0 Å². The fourth-order valence-electron chi connectivity index (χ4n) is 6.18. The van der Waals surface area contributed by atoms with Gasteiger partial charge in [-0.1, -0.05) is 127 Å². The predicted molar refractivity (Wildman–Crippen MR) is 187 cm³/mol. The fraction of sp³-hybridized carbons (Fsp3) is 0. The Hall–Kier alpha value is -5.78. The Balaban J connectivity index is 1.30. The van der Waals surface area contributed by atoms with E-state index in [4.69, 9.17) is 19.9 Å². The molecule has 6 aromatic carbocycles. The minimum absolute atomic E-state index is 0.627. The molecule has 5 heteroatoms. The molecule has 0 unspecified atom stereocenters. The van der Waals surface area contributed by atoms with E-state index in [-0.39, 0.29) is 0 Å². The highest BCUT2D eigenvalue weighted by Gasteiger charge is 2.18. The highest BCUT2D eigenvalue weighted by Crippen LogP contribution is 2.43. The zero-order valence-electron chi connectivity index (χ0n) is 24.1. The van der Waals surface area contributed by atoms with Crippen LogP contribution in [0.15, 0.2) is 146 Å². The van der Waals surface area contributed by atoms with Gasteiger partial charge >= 0.3 is 0 Å². The summed E-state index contributed by atoms with van der Waals surface area (Å²) in [5, 5.41) is 6.08. The molecule has 0 N–H and O–H groups in total. The maximum Gasteiger partial charge on any atom is 0.164 e. The van der Waals surface area contributed by atoms with Crippen LogP contribution in [0.4, 0.5) is 0 Å². The first kappa shape index (κ1) is 25.7. The molecule has 0 saturated carbocycles. The second-order valence-electron chi connectivity index (χ2n) is 11.1. The Bertz CT molecular complexity index is 2480. The van der Waals surface area contributed by atoms with Crippen molar-refractivity contribution in [2.75, 3.05) is 0 Å². The average molecular weight is 593 g/mol. The lowest BCUT2D eigenvalue weighted by molar-refractivity contribution is 1.07. The van der Waals surface area contributed by atoms with Crippen molar-refractivity contribution in [3.05, 3.63) is 146 Å². The monoisotopic (exact) mass is 592 g/mol. The third-order valence-electron chi connectivity index (χ3n) is 8.30. The van der Waals surface area contributed by atoms with Crippen LogP contribution in [0.1, 0.15) is 0 Å². The molecule has 0 radical (unpaired) electrons. The van der Waals surface area contributed by atoms with Gasteiger partial charge in [0.1, 0.15) is 0 Å². The van der Waals surface area contributed by atoms with Gasteiger partial charge in [0.2, 0.25) is 0 Å². The zero-order valence-corrected chi connectivity index (χ0v) is 24.9. The first-order valence-electron chi connectivity index (χ1n) is 14.9. The van der Waals surface area contributed by atoms with Gasteiger partial charge in [0.05, 0.1) is 11.2 Å². The van der Waals surface area contributed by atoms with E-state index in [0.717, 1.165) is 38.9 Å². The number of hydrogen-bond donors (Lipinski definition) is 0. The number of benzene rings is 6. The average Bonchev–Trinajstić information content (AvgIpc) is 3.51.